The predicted molar refractivity (Wildman–Crippen MR) is 122 cm³/mol. The van der Waals surface area contributed by atoms with E-state index < -0.39 is 6.04 Å². The zero-order valence-electron chi connectivity index (χ0n) is 17.1. The van der Waals surface area contributed by atoms with Gasteiger partial charge in [-0.3, -0.25) is 9.59 Å². The zero-order valence-corrected chi connectivity index (χ0v) is 20.3. The molecule has 29 heavy (non-hydrogen) atoms. The Morgan fingerprint density at radius 3 is 2.38 bits per heavy atom. The number of halogens is 2. The average molecular weight is 526 g/mol. The van der Waals surface area contributed by atoms with Crippen LogP contribution in [0.2, 0.25) is 0 Å². The number of benzene rings is 2. The van der Waals surface area contributed by atoms with Crippen molar-refractivity contribution in [3.8, 4) is 5.75 Å². The number of ether oxygens (including phenoxy) is 1. The SMILES string of the molecule is CCNC(=O)[C@H](C)N(Cc1cccc(Br)c1)C(=O)COc1cc(C)c(Br)c(C)c1. The number of aryl methyl sites for hydroxylation is 2. The van der Waals surface area contributed by atoms with Crippen molar-refractivity contribution in [1.82, 2.24) is 10.2 Å². The van der Waals surface area contributed by atoms with E-state index in [1.807, 2.05) is 57.2 Å². The number of nitrogens with zero attached hydrogens (tertiary/aromatic N) is 1. The number of rotatable bonds is 8. The number of amides is 2. The van der Waals surface area contributed by atoms with Gasteiger partial charge in [0.15, 0.2) is 6.61 Å². The molecule has 1 atom stereocenters. The van der Waals surface area contributed by atoms with Crippen molar-refractivity contribution in [3.05, 3.63) is 62.0 Å². The third-order valence-electron chi connectivity index (χ3n) is 4.53. The van der Waals surface area contributed by atoms with Crippen molar-refractivity contribution in [2.24, 2.45) is 0 Å². The first-order chi connectivity index (χ1) is 13.7. The number of carbonyl (C=O) groups excluding carboxylic acids is 2. The van der Waals surface area contributed by atoms with Crippen LogP contribution in [0.4, 0.5) is 0 Å². The van der Waals surface area contributed by atoms with Crippen molar-refractivity contribution in [1.29, 1.82) is 0 Å². The van der Waals surface area contributed by atoms with Gasteiger partial charge in [0.05, 0.1) is 0 Å². The Labute approximate surface area is 189 Å². The Bertz CT molecular complexity index is 863. The quantitative estimate of drug-likeness (QED) is 0.540. The first kappa shape index (κ1) is 23.4. The van der Waals surface area contributed by atoms with Crippen molar-refractivity contribution in [2.75, 3.05) is 13.2 Å². The smallest absolute Gasteiger partial charge is 0.261 e. The lowest BCUT2D eigenvalue weighted by Gasteiger charge is -2.28. The van der Waals surface area contributed by atoms with Crippen molar-refractivity contribution in [2.45, 2.75) is 40.3 Å². The average Bonchev–Trinajstić information content (AvgIpc) is 2.68. The molecule has 0 bridgehead atoms. The zero-order chi connectivity index (χ0) is 21.6. The Morgan fingerprint density at radius 1 is 1.14 bits per heavy atom. The van der Waals surface area contributed by atoms with Gasteiger partial charge in [-0.15, -0.1) is 0 Å². The molecule has 0 fully saturated rings. The summed E-state index contributed by atoms with van der Waals surface area (Å²) in [5.41, 5.74) is 3.00. The van der Waals surface area contributed by atoms with Gasteiger partial charge in [0.25, 0.3) is 5.91 Å². The third kappa shape index (κ3) is 6.57. The van der Waals surface area contributed by atoms with E-state index in [0.29, 0.717) is 18.8 Å². The fourth-order valence-corrected chi connectivity index (χ4v) is 3.63. The Balaban J connectivity index is 2.18. The van der Waals surface area contributed by atoms with Crippen molar-refractivity contribution in [3.63, 3.8) is 0 Å². The number of carbonyl (C=O) groups is 2. The van der Waals surface area contributed by atoms with Crippen LogP contribution >= 0.6 is 31.9 Å². The van der Waals surface area contributed by atoms with E-state index in [-0.39, 0.29) is 18.4 Å². The second-order valence-corrected chi connectivity index (χ2v) is 8.59. The van der Waals surface area contributed by atoms with Gasteiger partial charge < -0.3 is 15.0 Å². The maximum absolute atomic E-state index is 13.0. The minimum Gasteiger partial charge on any atom is -0.484 e. The molecule has 2 aromatic carbocycles. The molecule has 0 radical (unpaired) electrons. The highest BCUT2D eigenvalue weighted by atomic mass is 79.9. The molecule has 1 N–H and O–H groups in total. The van der Waals surface area contributed by atoms with Crippen molar-refractivity contribution < 1.29 is 14.3 Å². The molecule has 0 saturated carbocycles. The highest BCUT2D eigenvalue weighted by Crippen LogP contribution is 2.26. The Hall–Kier alpha value is -1.86. The number of nitrogens with one attached hydrogen (secondary N) is 1. The minimum atomic E-state index is -0.613. The molecule has 2 rings (SSSR count). The summed E-state index contributed by atoms with van der Waals surface area (Å²) in [5, 5.41) is 2.78. The van der Waals surface area contributed by atoms with Crippen LogP contribution in [0, 0.1) is 13.8 Å². The molecule has 0 heterocycles. The van der Waals surface area contributed by atoms with E-state index in [1.165, 1.54) is 0 Å². The number of hydrogen-bond acceptors (Lipinski definition) is 3. The predicted octanol–water partition coefficient (Wildman–Crippen LogP) is 4.76. The Morgan fingerprint density at radius 2 is 1.79 bits per heavy atom. The van der Waals surface area contributed by atoms with Gasteiger partial charge >= 0.3 is 0 Å². The lowest BCUT2D eigenvalue weighted by Crippen LogP contribution is -2.49. The van der Waals surface area contributed by atoms with E-state index in [0.717, 1.165) is 25.6 Å². The van der Waals surface area contributed by atoms with Crippen LogP contribution in [0.3, 0.4) is 0 Å². The topological polar surface area (TPSA) is 58.6 Å². The first-order valence-corrected chi connectivity index (χ1v) is 11.0. The van der Waals surface area contributed by atoms with Gasteiger partial charge in [-0.05, 0) is 68.7 Å². The largest absolute Gasteiger partial charge is 0.484 e. The Kier molecular flexibility index (Phi) is 8.71. The van der Waals surface area contributed by atoms with Crippen LogP contribution in [-0.2, 0) is 16.1 Å². The molecule has 7 heteroatoms. The van der Waals surface area contributed by atoms with Crippen LogP contribution in [0.15, 0.2) is 45.3 Å². The summed E-state index contributed by atoms with van der Waals surface area (Å²) in [7, 11) is 0. The van der Waals surface area contributed by atoms with Gasteiger partial charge in [0.2, 0.25) is 5.91 Å². The van der Waals surface area contributed by atoms with Gasteiger partial charge in [0, 0.05) is 22.0 Å². The monoisotopic (exact) mass is 524 g/mol. The molecule has 0 unspecified atom stereocenters. The van der Waals surface area contributed by atoms with E-state index >= 15 is 0 Å². The highest BCUT2D eigenvalue weighted by molar-refractivity contribution is 9.10. The summed E-state index contributed by atoms with van der Waals surface area (Å²) in [5.74, 6) is 0.192. The molecule has 0 spiro atoms. The lowest BCUT2D eigenvalue weighted by atomic mass is 10.1. The van der Waals surface area contributed by atoms with Crippen molar-refractivity contribution >= 4 is 43.7 Å². The van der Waals surface area contributed by atoms with Crippen LogP contribution < -0.4 is 10.1 Å². The van der Waals surface area contributed by atoms with Crippen LogP contribution in [0.5, 0.6) is 5.75 Å². The summed E-state index contributed by atoms with van der Waals surface area (Å²) < 4.78 is 7.71. The van der Waals surface area contributed by atoms with E-state index in [9.17, 15) is 9.59 Å². The van der Waals surface area contributed by atoms with Crippen LogP contribution in [0.25, 0.3) is 0 Å². The van der Waals surface area contributed by atoms with E-state index in [4.69, 9.17) is 4.74 Å². The standard InChI is InChI=1S/C22H26Br2N2O3/c1-5-25-22(28)16(4)26(12-17-7-6-8-18(23)11-17)20(27)13-29-19-9-14(2)21(24)15(3)10-19/h6-11,16H,5,12-13H2,1-4H3,(H,25,28)/t16-/m0/s1. The molecule has 0 aromatic heterocycles. The molecule has 2 amide bonds. The fourth-order valence-electron chi connectivity index (χ4n) is 2.95. The molecule has 0 aliphatic rings. The normalized spacial score (nSPS) is 11.7. The lowest BCUT2D eigenvalue weighted by molar-refractivity contribution is -0.142. The molecule has 2 aromatic rings. The summed E-state index contributed by atoms with van der Waals surface area (Å²) in [4.78, 5) is 26.9. The van der Waals surface area contributed by atoms with Crippen LogP contribution in [0.1, 0.15) is 30.5 Å². The van der Waals surface area contributed by atoms with Crippen LogP contribution in [-0.4, -0.2) is 35.9 Å². The first-order valence-electron chi connectivity index (χ1n) is 9.44. The molecule has 0 aliphatic carbocycles. The maximum atomic E-state index is 13.0. The third-order valence-corrected chi connectivity index (χ3v) is 6.28. The summed E-state index contributed by atoms with van der Waals surface area (Å²) >= 11 is 6.98. The number of likely N-dealkylation sites (N-methyl/N-ethyl adjacent to an activating group) is 1. The highest BCUT2D eigenvalue weighted by Gasteiger charge is 2.26. The second-order valence-electron chi connectivity index (χ2n) is 6.88. The fraction of sp³-hybridized carbons (Fsp3) is 0.364. The molecule has 0 saturated heterocycles. The summed E-state index contributed by atoms with van der Waals surface area (Å²) in [6.07, 6.45) is 0. The molecular weight excluding hydrogens is 500 g/mol. The minimum absolute atomic E-state index is 0.141. The molecule has 156 valence electrons. The maximum Gasteiger partial charge on any atom is 0.261 e. The van der Waals surface area contributed by atoms with E-state index in [2.05, 4.69) is 37.2 Å². The number of hydrogen-bond donors (Lipinski definition) is 1. The molecule has 0 aliphatic heterocycles. The molecular formula is C22H26Br2N2O3. The second kappa shape index (κ2) is 10.8. The van der Waals surface area contributed by atoms with Gasteiger partial charge in [-0.25, -0.2) is 0 Å². The van der Waals surface area contributed by atoms with Gasteiger partial charge in [-0.1, -0.05) is 44.0 Å². The van der Waals surface area contributed by atoms with Gasteiger partial charge in [-0.2, -0.15) is 0 Å². The van der Waals surface area contributed by atoms with E-state index in [1.54, 1.807) is 11.8 Å². The summed E-state index contributed by atoms with van der Waals surface area (Å²) in [6.45, 7) is 8.22. The van der Waals surface area contributed by atoms with Gasteiger partial charge in [0.1, 0.15) is 11.8 Å². The summed E-state index contributed by atoms with van der Waals surface area (Å²) in [6, 6.07) is 10.8. The molecule has 5 nitrogen and oxygen atoms in total.